The molecule has 0 bridgehead atoms. The molecule has 316 valence electrons. The lowest BCUT2D eigenvalue weighted by atomic mass is 9.89. The minimum atomic E-state index is -0.602. The van der Waals surface area contributed by atoms with Gasteiger partial charge in [0.25, 0.3) is 0 Å². The summed E-state index contributed by atoms with van der Waals surface area (Å²) >= 11 is 0. The van der Waals surface area contributed by atoms with Gasteiger partial charge in [-0.2, -0.15) is 0 Å². The summed E-state index contributed by atoms with van der Waals surface area (Å²) in [6.45, 7) is 4.95. The van der Waals surface area contributed by atoms with E-state index >= 15 is 0 Å². The Kier molecular flexibility index (Phi) is 12.3. The fourth-order valence-electron chi connectivity index (χ4n) is 8.74. The number of aromatic amines is 1. The maximum absolute atomic E-state index is 13.0. The molecule has 11 heteroatoms. The van der Waals surface area contributed by atoms with Crippen LogP contribution in [0.2, 0.25) is 0 Å². The lowest BCUT2D eigenvalue weighted by Gasteiger charge is -2.44. The quantitative estimate of drug-likeness (QED) is 0.0965. The maximum Gasteiger partial charge on any atom is 0.326 e. The van der Waals surface area contributed by atoms with Gasteiger partial charge in [-0.15, -0.1) is 0 Å². The van der Waals surface area contributed by atoms with Crippen LogP contribution in [0.25, 0.3) is 22.2 Å². The van der Waals surface area contributed by atoms with Gasteiger partial charge in [0, 0.05) is 49.4 Å². The molecule has 7 aromatic rings. The molecule has 2 aliphatic heterocycles. The zero-order chi connectivity index (χ0) is 42.4. The van der Waals surface area contributed by atoms with Gasteiger partial charge in [-0.25, -0.2) is 9.59 Å². The second-order valence-electron chi connectivity index (χ2n) is 16.2. The number of nitrogens with one attached hydrogen (secondary N) is 3. The molecule has 4 unspecified atom stereocenters. The van der Waals surface area contributed by atoms with Crippen LogP contribution in [-0.4, -0.2) is 51.3 Å². The number of urea groups is 1. The fourth-order valence-corrected chi connectivity index (χ4v) is 8.74. The van der Waals surface area contributed by atoms with Gasteiger partial charge in [0.05, 0.1) is 29.8 Å². The molecule has 1 aromatic heterocycles. The highest BCUT2D eigenvalue weighted by molar-refractivity contribution is 5.89. The summed E-state index contributed by atoms with van der Waals surface area (Å²) in [5.74, 6) is 1.47. The van der Waals surface area contributed by atoms with E-state index < -0.39 is 6.29 Å². The predicted molar refractivity (Wildman–Crippen MR) is 241 cm³/mol. The van der Waals surface area contributed by atoms with Crippen LogP contribution < -0.4 is 21.1 Å². The summed E-state index contributed by atoms with van der Waals surface area (Å²) < 4.78 is 21.4. The summed E-state index contributed by atoms with van der Waals surface area (Å²) in [5.41, 5.74) is 8.24. The summed E-state index contributed by atoms with van der Waals surface area (Å²) in [5, 5.41) is 15.6. The number of aliphatic hydroxyl groups excluding tert-OH is 1. The smallest absolute Gasteiger partial charge is 0.326 e. The van der Waals surface area contributed by atoms with Crippen molar-refractivity contribution in [1.82, 2.24) is 19.8 Å². The van der Waals surface area contributed by atoms with Gasteiger partial charge in [0.15, 0.2) is 6.29 Å². The Balaban J connectivity index is 0.862. The van der Waals surface area contributed by atoms with Gasteiger partial charge in [0.2, 0.25) is 0 Å². The van der Waals surface area contributed by atoms with E-state index in [-0.39, 0.29) is 42.5 Å². The highest BCUT2D eigenvalue weighted by Gasteiger charge is 2.39. The minimum Gasteiger partial charge on any atom is -0.457 e. The monoisotopic (exact) mass is 829 g/mol. The van der Waals surface area contributed by atoms with Crippen LogP contribution in [0.5, 0.6) is 11.5 Å². The number of carbonyl (C=O) groups excluding carboxylic acids is 1. The van der Waals surface area contributed by atoms with Gasteiger partial charge >= 0.3 is 11.7 Å². The van der Waals surface area contributed by atoms with E-state index in [0.717, 1.165) is 82.6 Å². The number of hydrogen-bond donors (Lipinski definition) is 4. The van der Waals surface area contributed by atoms with E-state index in [9.17, 15) is 14.7 Å². The first-order valence-electron chi connectivity index (χ1n) is 21.4. The molecule has 0 spiro atoms. The van der Waals surface area contributed by atoms with Crippen molar-refractivity contribution in [1.29, 1.82) is 0 Å². The normalized spacial score (nSPS) is 19.6. The van der Waals surface area contributed by atoms with Crippen LogP contribution >= 0.6 is 0 Å². The number of aliphatic hydroxyl groups is 1. The molecule has 2 amide bonds. The topological polar surface area (TPSA) is 130 Å². The van der Waals surface area contributed by atoms with E-state index in [1.165, 1.54) is 0 Å². The van der Waals surface area contributed by atoms with Gasteiger partial charge < -0.3 is 39.8 Å². The molecular formula is C51H51N5O6. The third-order valence-corrected chi connectivity index (χ3v) is 12.1. The minimum absolute atomic E-state index is 0.0183. The lowest BCUT2D eigenvalue weighted by Crippen LogP contribution is -2.47. The lowest BCUT2D eigenvalue weighted by molar-refractivity contribution is -0.276. The number of benzene rings is 6. The van der Waals surface area contributed by atoms with Crippen molar-refractivity contribution >= 4 is 22.8 Å². The molecule has 0 saturated carbocycles. The highest BCUT2D eigenvalue weighted by atomic mass is 16.7. The van der Waals surface area contributed by atoms with Crippen molar-refractivity contribution in [2.24, 2.45) is 5.92 Å². The van der Waals surface area contributed by atoms with Crippen LogP contribution in [0.3, 0.4) is 0 Å². The maximum atomic E-state index is 13.0. The van der Waals surface area contributed by atoms with Crippen molar-refractivity contribution in [3.8, 4) is 22.6 Å². The summed E-state index contributed by atoms with van der Waals surface area (Å²) in [7, 11) is 0. The Morgan fingerprint density at radius 2 is 1.45 bits per heavy atom. The van der Waals surface area contributed by atoms with Gasteiger partial charge in [-0.1, -0.05) is 110 Å². The third-order valence-electron chi connectivity index (χ3n) is 12.1. The molecule has 62 heavy (non-hydrogen) atoms. The van der Waals surface area contributed by atoms with E-state index in [1.54, 1.807) is 0 Å². The predicted octanol–water partition coefficient (Wildman–Crippen LogP) is 9.73. The number of nitrogens with zero attached hydrogens (tertiary/aromatic N) is 2. The third kappa shape index (κ3) is 9.21. The SMILES string of the molecule is CC1C(CN2CCC(n3c(=O)[nH]c4ccccc43)CC2)OC(c2ccc(-c3ccccc3CNC(=O)Nc3ccc(Oc4ccccc4)cc3)cc2)OC1c1ccc(CO)cc1. The fraction of sp³-hybridized carbons (Fsp3) is 0.255. The number of amides is 2. The number of anilines is 1. The zero-order valence-corrected chi connectivity index (χ0v) is 34.7. The number of imidazole rings is 1. The Morgan fingerprint density at radius 1 is 0.774 bits per heavy atom. The average molecular weight is 830 g/mol. The molecule has 2 fully saturated rings. The number of piperidine rings is 1. The summed E-state index contributed by atoms with van der Waals surface area (Å²) in [6, 6.07) is 48.9. The highest BCUT2D eigenvalue weighted by Crippen LogP contribution is 2.42. The number of hydrogen-bond acceptors (Lipinski definition) is 7. The summed E-state index contributed by atoms with van der Waals surface area (Å²) in [4.78, 5) is 31.4. The molecule has 3 heterocycles. The van der Waals surface area contributed by atoms with Crippen molar-refractivity contribution in [2.75, 3.05) is 25.0 Å². The standard InChI is InChI=1S/C51H51N5O6/c1-34-47(32-55-29-27-41(28-30-55)56-46-14-8-7-13-45(46)54-51(56)59)61-49(62-48(34)37-17-15-35(33-57)16-18-37)38-21-19-36(20-22-38)44-12-6-5-9-39(44)31-52-50(58)53-40-23-25-43(26-24-40)60-42-10-3-2-4-11-42/h2-26,34,41,47-49,57H,27-33H2,1H3,(H,54,59)(H2,52,53,58). The van der Waals surface area contributed by atoms with Crippen molar-refractivity contribution < 1.29 is 24.1 Å². The number of fused-ring (bicyclic) bond motifs is 1. The van der Waals surface area contributed by atoms with E-state index in [4.69, 9.17) is 14.2 Å². The van der Waals surface area contributed by atoms with E-state index in [1.807, 2.05) is 126 Å². The number of ether oxygens (including phenoxy) is 3. The number of para-hydroxylation sites is 3. The van der Waals surface area contributed by atoms with Crippen LogP contribution in [0.4, 0.5) is 10.5 Å². The number of likely N-dealkylation sites (tertiary alicyclic amines) is 1. The number of aromatic nitrogens is 2. The Morgan fingerprint density at radius 3 is 2.21 bits per heavy atom. The molecule has 4 atom stereocenters. The Labute approximate surface area is 360 Å². The van der Waals surface area contributed by atoms with Crippen molar-refractivity contribution in [2.45, 2.75) is 57.5 Å². The molecule has 6 aromatic carbocycles. The number of carbonyl (C=O) groups is 1. The van der Waals surface area contributed by atoms with Gasteiger partial charge in [0.1, 0.15) is 11.5 Å². The van der Waals surface area contributed by atoms with Crippen LogP contribution in [0.1, 0.15) is 60.5 Å². The van der Waals surface area contributed by atoms with E-state index in [0.29, 0.717) is 18.0 Å². The molecule has 11 nitrogen and oxygen atoms in total. The second kappa shape index (κ2) is 18.6. The van der Waals surface area contributed by atoms with Crippen molar-refractivity contribution in [3.05, 3.63) is 184 Å². The van der Waals surface area contributed by atoms with Gasteiger partial charge in [-0.05, 0) is 89.2 Å². The Bertz CT molecular complexity index is 2640. The van der Waals surface area contributed by atoms with E-state index in [2.05, 4.69) is 57.8 Å². The number of rotatable bonds is 12. The van der Waals surface area contributed by atoms with Crippen molar-refractivity contribution in [3.63, 3.8) is 0 Å². The first-order valence-corrected chi connectivity index (χ1v) is 21.4. The molecular weight excluding hydrogens is 779 g/mol. The molecule has 2 saturated heterocycles. The second-order valence-corrected chi connectivity index (χ2v) is 16.2. The van der Waals surface area contributed by atoms with Crippen LogP contribution in [0, 0.1) is 5.92 Å². The zero-order valence-electron chi connectivity index (χ0n) is 34.7. The first kappa shape index (κ1) is 40.9. The number of H-pyrrole nitrogens is 1. The molecule has 4 N–H and O–H groups in total. The Hall–Kier alpha value is -6.50. The van der Waals surface area contributed by atoms with Gasteiger partial charge in [-0.3, -0.25) is 4.57 Å². The first-order chi connectivity index (χ1) is 30.4. The molecule has 0 aliphatic carbocycles. The average Bonchev–Trinajstić information content (AvgIpc) is 3.66. The van der Waals surface area contributed by atoms with Crippen LogP contribution in [-0.2, 0) is 22.6 Å². The largest absolute Gasteiger partial charge is 0.457 e. The summed E-state index contributed by atoms with van der Waals surface area (Å²) in [6.07, 6.45) is 0.789. The molecule has 9 rings (SSSR count). The molecule has 0 radical (unpaired) electrons. The van der Waals surface area contributed by atoms with Crippen LogP contribution in [0.15, 0.2) is 156 Å². The molecule has 2 aliphatic rings.